The molecule has 0 aliphatic carbocycles. The Bertz CT molecular complexity index is 386. The van der Waals surface area contributed by atoms with Crippen molar-refractivity contribution in [3.05, 3.63) is 16.3 Å². The molecule has 0 spiro atoms. The van der Waals surface area contributed by atoms with Crippen LogP contribution in [0.2, 0.25) is 0 Å². The Morgan fingerprint density at radius 1 is 1.80 bits per heavy atom. The Labute approximate surface area is 85.0 Å². The molecule has 0 atom stereocenters. The number of rotatable bonds is 4. The standard InChI is InChI=1S/C7H10N4O4/c1-10-4-5(11(13)14)7(9-10)8-3-6(12)15-2/h4H,3H2,1-2H3,(H,8,9). The molecule has 1 heterocycles. The maximum absolute atomic E-state index is 10.8. The van der Waals surface area contributed by atoms with Crippen LogP contribution in [0.25, 0.3) is 0 Å². The molecular formula is C7H10N4O4. The monoisotopic (exact) mass is 214 g/mol. The van der Waals surface area contributed by atoms with Gasteiger partial charge in [-0.2, -0.15) is 0 Å². The zero-order chi connectivity index (χ0) is 11.4. The van der Waals surface area contributed by atoms with Gasteiger partial charge < -0.3 is 10.1 Å². The number of nitrogens with zero attached hydrogens (tertiary/aromatic N) is 3. The van der Waals surface area contributed by atoms with Gasteiger partial charge in [-0.15, -0.1) is 5.10 Å². The first-order chi connectivity index (χ1) is 7.04. The van der Waals surface area contributed by atoms with Gasteiger partial charge >= 0.3 is 11.7 Å². The van der Waals surface area contributed by atoms with Crippen molar-refractivity contribution in [1.82, 2.24) is 9.78 Å². The summed E-state index contributed by atoms with van der Waals surface area (Å²) in [5.41, 5.74) is -0.179. The van der Waals surface area contributed by atoms with E-state index in [4.69, 9.17) is 0 Å². The number of esters is 1. The molecular weight excluding hydrogens is 204 g/mol. The van der Waals surface area contributed by atoms with Crippen molar-refractivity contribution in [2.75, 3.05) is 19.0 Å². The van der Waals surface area contributed by atoms with Gasteiger partial charge in [0.1, 0.15) is 12.7 Å². The Morgan fingerprint density at radius 2 is 2.47 bits per heavy atom. The highest BCUT2D eigenvalue weighted by Gasteiger charge is 2.18. The van der Waals surface area contributed by atoms with Gasteiger partial charge in [0.2, 0.25) is 5.82 Å². The smallest absolute Gasteiger partial charge is 0.330 e. The number of nitrogens with one attached hydrogen (secondary N) is 1. The first-order valence-electron chi connectivity index (χ1n) is 4.03. The lowest BCUT2D eigenvalue weighted by Gasteiger charge is -1.99. The van der Waals surface area contributed by atoms with Gasteiger partial charge in [-0.25, -0.2) is 0 Å². The van der Waals surface area contributed by atoms with Crippen LogP contribution in [0.1, 0.15) is 0 Å². The van der Waals surface area contributed by atoms with Crippen molar-refractivity contribution < 1.29 is 14.5 Å². The topological polar surface area (TPSA) is 99.3 Å². The fraction of sp³-hybridized carbons (Fsp3) is 0.429. The molecule has 0 radical (unpaired) electrons. The van der Waals surface area contributed by atoms with Crippen molar-refractivity contribution in [2.24, 2.45) is 7.05 Å². The number of anilines is 1. The Kier molecular flexibility index (Phi) is 3.21. The summed E-state index contributed by atoms with van der Waals surface area (Å²) in [7, 11) is 2.78. The Morgan fingerprint density at radius 3 is 3.00 bits per heavy atom. The van der Waals surface area contributed by atoms with Gasteiger partial charge in [0.15, 0.2) is 0 Å². The van der Waals surface area contributed by atoms with Crippen LogP contribution in [0, 0.1) is 10.1 Å². The molecule has 0 aliphatic heterocycles. The lowest BCUT2D eigenvalue weighted by molar-refractivity contribution is -0.384. The lowest BCUT2D eigenvalue weighted by Crippen LogP contribution is -2.15. The second kappa shape index (κ2) is 4.40. The molecule has 1 aromatic rings. The quantitative estimate of drug-likeness (QED) is 0.427. The van der Waals surface area contributed by atoms with E-state index >= 15 is 0 Å². The zero-order valence-electron chi connectivity index (χ0n) is 8.26. The number of aromatic nitrogens is 2. The molecule has 0 unspecified atom stereocenters. The van der Waals surface area contributed by atoms with E-state index in [0.29, 0.717) is 0 Å². The summed E-state index contributed by atoms with van der Waals surface area (Å²) in [5.74, 6) is -0.470. The third-order valence-electron chi connectivity index (χ3n) is 1.63. The highest BCUT2D eigenvalue weighted by atomic mass is 16.6. The summed E-state index contributed by atoms with van der Waals surface area (Å²) in [6, 6.07) is 0. The predicted molar refractivity (Wildman–Crippen MR) is 50.4 cm³/mol. The second-order valence-electron chi connectivity index (χ2n) is 2.72. The highest BCUT2D eigenvalue weighted by Crippen LogP contribution is 2.20. The molecule has 1 aromatic heterocycles. The molecule has 1 N–H and O–H groups in total. The number of methoxy groups -OCH3 is 1. The van der Waals surface area contributed by atoms with E-state index in [-0.39, 0.29) is 18.1 Å². The van der Waals surface area contributed by atoms with Gasteiger partial charge in [-0.3, -0.25) is 19.6 Å². The molecule has 0 aromatic carbocycles. The van der Waals surface area contributed by atoms with Gasteiger partial charge in [-0.1, -0.05) is 0 Å². The minimum Gasteiger partial charge on any atom is -0.468 e. The molecule has 8 nitrogen and oxygen atoms in total. The minimum atomic E-state index is -0.577. The van der Waals surface area contributed by atoms with Crippen LogP contribution in [0.5, 0.6) is 0 Å². The zero-order valence-corrected chi connectivity index (χ0v) is 8.26. The van der Waals surface area contributed by atoms with Crippen LogP contribution in [0.3, 0.4) is 0 Å². The molecule has 0 amide bonds. The van der Waals surface area contributed by atoms with Crippen LogP contribution in [-0.4, -0.2) is 34.3 Å². The van der Waals surface area contributed by atoms with Crippen molar-refractivity contribution in [2.45, 2.75) is 0 Å². The maximum Gasteiger partial charge on any atom is 0.330 e. The van der Waals surface area contributed by atoms with Crippen LogP contribution in [-0.2, 0) is 16.6 Å². The molecule has 0 saturated carbocycles. The number of hydrogen-bond acceptors (Lipinski definition) is 6. The van der Waals surface area contributed by atoms with E-state index < -0.39 is 10.9 Å². The second-order valence-corrected chi connectivity index (χ2v) is 2.72. The van der Waals surface area contributed by atoms with Crippen molar-refractivity contribution in [3.63, 3.8) is 0 Å². The number of carbonyl (C=O) groups is 1. The summed E-state index contributed by atoms with van der Waals surface area (Å²) in [6.07, 6.45) is 1.25. The molecule has 15 heavy (non-hydrogen) atoms. The normalized spacial score (nSPS) is 9.73. The Hall–Kier alpha value is -2.12. The SMILES string of the molecule is COC(=O)CNc1nn(C)cc1[N+](=O)[O-]. The molecule has 0 aliphatic rings. The molecule has 8 heteroatoms. The summed E-state index contributed by atoms with van der Waals surface area (Å²) in [5, 5.41) is 16.9. The Balaban J connectivity index is 2.75. The van der Waals surface area contributed by atoms with Crippen LogP contribution < -0.4 is 5.32 Å². The van der Waals surface area contributed by atoms with Gasteiger partial charge in [0.05, 0.1) is 12.0 Å². The van der Waals surface area contributed by atoms with Gasteiger partial charge in [0, 0.05) is 7.05 Å². The third-order valence-corrected chi connectivity index (χ3v) is 1.63. The summed E-state index contributed by atoms with van der Waals surface area (Å²) < 4.78 is 5.66. The number of ether oxygens (including phenoxy) is 1. The van der Waals surface area contributed by atoms with E-state index in [9.17, 15) is 14.9 Å². The van der Waals surface area contributed by atoms with E-state index in [1.54, 1.807) is 7.05 Å². The fourth-order valence-corrected chi connectivity index (χ4v) is 0.964. The van der Waals surface area contributed by atoms with E-state index in [1.165, 1.54) is 18.0 Å². The minimum absolute atomic E-state index is 0.0490. The molecule has 1 rings (SSSR count). The number of aryl methyl sites for hydroxylation is 1. The van der Waals surface area contributed by atoms with Gasteiger partial charge in [-0.05, 0) is 0 Å². The number of hydrogen-bond donors (Lipinski definition) is 1. The summed E-state index contributed by atoms with van der Waals surface area (Å²) >= 11 is 0. The first-order valence-corrected chi connectivity index (χ1v) is 4.03. The molecule has 0 bridgehead atoms. The van der Waals surface area contributed by atoms with Gasteiger partial charge in [0.25, 0.3) is 0 Å². The van der Waals surface area contributed by atoms with Crippen molar-refractivity contribution >= 4 is 17.5 Å². The molecule has 0 saturated heterocycles. The average molecular weight is 214 g/mol. The molecule has 0 fully saturated rings. The number of nitro groups is 1. The van der Waals surface area contributed by atoms with Crippen LogP contribution in [0.4, 0.5) is 11.5 Å². The number of carbonyl (C=O) groups excluding carboxylic acids is 1. The summed E-state index contributed by atoms with van der Waals surface area (Å²) in [6.45, 7) is -0.158. The average Bonchev–Trinajstić information content (AvgIpc) is 2.56. The largest absolute Gasteiger partial charge is 0.468 e. The lowest BCUT2D eigenvalue weighted by atomic mass is 10.5. The van der Waals surface area contributed by atoms with Crippen LogP contribution >= 0.6 is 0 Å². The molecule has 82 valence electrons. The summed E-state index contributed by atoms with van der Waals surface area (Å²) in [4.78, 5) is 20.8. The van der Waals surface area contributed by atoms with Crippen molar-refractivity contribution in [3.8, 4) is 0 Å². The van der Waals surface area contributed by atoms with Crippen LogP contribution in [0.15, 0.2) is 6.20 Å². The fourth-order valence-electron chi connectivity index (χ4n) is 0.964. The van der Waals surface area contributed by atoms with E-state index in [1.807, 2.05) is 0 Å². The predicted octanol–water partition coefficient (Wildman–Crippen LogP) is -0.0868. The third kappa shape index (κ3) is 2.66. The van der Waals surface area contributed by atoms with E-state index in [0.717, 1.165) is 0 Å². The maximum atomic E-state index is 10.8. The van der Waals surface area contributed by atoms with E-state index in [2.05, 4.69) is 15.2 Å². The highest BCUT2D eigenvalue weighted by molar-refractivity contribution is 5.75. The first kappa shape index (κ1) is 11.0. The van der Waals surface area contributed by atoms with Crippen molar-refractivity contribution in [1.29, 1.82) is 0 Å².